The number of pyridine rings is 3. The second-order valence-electron chi connectivity index (χ2n) is 13.3. The van der Waals surface area contributed by atoms with Gasteiger partial charge in [0.2, 0.25) is 0 Å². The van der Waals surface area contributed by atoms with Crippen molar-refractivity contribution in [2.45, 2.75) is 50.6 Å². The number of thiophene rings is 1. The maximum atomic E-state index is 14.3. The fourth-order valence-electron chi connectivity index (χ4n) is 8.23. The third-order valence-electron chi connectivity index (χ3n) is 10.5. The molecule has 2 atom stereocenters. The number of hydrogen-bond donors (Lipinski definition) is 2. The highest BCUT2D eigenvalue weighted by Gasteiger charge is 2.45. The van der Waals surface area contributed by atoms with E-state index in [2.05, 4.69) is 44.8 Å². The zero-order valence-corrected chi connectivity index (χ0v) is 28.5. The Morgan fingerprint density at radius 3 is 2.86 bits per heavy atom. The minimum atomic E-state index is -0.667. The summed E-state index contributed by atoms with van der Waals surface area (Å²) in [5, 5.41) is 11.5. The van der Waals surface area contributed by atoms with Gasteiger partial charge in [-0.25, -0.2) is 19.9 Å². The molecule has 2 aliphatic heterocycles. The molecule has 51 heavy (non-hydrogen) atoms. The SMILES string of the molecule is COc1cccc2c1CC[C@H]2Nc1nccc2cc(-c3c4c(nc(CCc5ccn6ccnc6c5)c3-c3n[nH]c(=O)o3)[C@@H]3CCCN3C4=O)sc12. The smallest absolute Gasteiger partial charge is 0.434 e. The molecule has 0 unspecified atom stereocenters. The highest BCUT2D eigenvalue weighted by atomic mass is 32.1. The van der Waals surface area contributed by atoms with E-state index in [0.717, 1.165) is 74.8 Å². The van der Waals surface area contributed by atoms with Gasteiger partial charge in [-0.3, -0.25) is 9.78 Å². The number of hydrogen-bond acceptors (Lipinski definition) is 10. The van der Waals surface area contributed by atoms with Crippen LogP contribution in [0.1, 0.15) is 69.8 Å². The van der Waals surface area contributed by atoms with E-state index in [9.17, 15) is 9.59 Å². The summed E-state index contributed by atoms with van der Waals surface area (Å²) in [5.74, 6) is 1.10. The van der Waals surface area contributed by atoms with Crippen LogP contribution in [0.15, 0.2) is 76.5 Å². The van der Waals surface area contributed by atoms with E-state index in [4.69, 9.17) is 19.1 Å². The molecule has 254 valence electrons. The third-order valence-corrected chi connectivity index (χ3v) is 11.7. The Hall–Kier alpha value is -5.82. The number of aromatic amines is 1. The number of ether oxygens (including phenoxy) is 1. The summed E-state index contributed by atoms with van der Waals surface area (Å²) in [7, 11) is 1.71. The number of methoxy groups -OCH3 is 1. The number of H-pyrrole nitrogens is 1. The van der Waals surface area contributed by atoms with Crippen LogP contribution in [0.4, 0.5) is 5.82 Å². The first-order chi connectivity index (χ1) is 25.0. The Morgan fingerprint density at radius 2 is 1.98 bits per heavy atom. The third kappa shape index (κ3) is 4.78. The molecule has 12 nitrogen and oxygen atoms in total. The van der Waals surface area contributed by atoms with Crippen molar-refractivity contribution in [1.82, 2.24) is 34.4 Å². The maximum Gasteiger partial charge on any atom is 0.434 e. The summed E-state index contributed by atoms with van der Waals surface area (Å²) in [4.78, 5) is 44.0. The van der Waals surface area contributed by atoms with Crippen molar-refractivity contribution < 1.29 is 13.9 Å². The Kier molecular flexibility index (Phi) is 6.85. The molecular formula is C38H32N8O4S. The minimum absolute atomic E-state index is 0.0455. The molecule has 8 heterocycles. The van der Waals surface area contributed by atoms with Crippen LogP contribution in [0.25, 0.3) is 37.6 Å². The largest absolute Gasteiger partial charge is 0.496 e. The van der Waals surface area contributed by atoms with Gasteiger partial charge >= 0.3 is 5.76 Å². The zero-order valence-electron chi connectivity index (χ0n) is 27.7. The zero-order chi connectivity index (χ0) is 34.2. The molecule has 6 aromatic heterocycles. The van der Waals surface area contributed by atoms with Crippen molar-refractivity contribution in [2.24, 2.45) is 0 Å². The van der Waals surface area contributed by atoms with E-state index in [1.165, 1.54) is 11.1 Å². The lowest BCUT2D eigenvalue weighted by Crippen LogP contribution is -2.22. The van der Waals surface area contributed by atoms with Gasteiger partial charge in [-0.1, -0.05) is 12.1 Å². The molecule has 2 N–H and O–H groups in total. The van der Waals surface area contributed by atoms with Gasteiger partial charge in [0, 0.05) is 41.8 Å². The van der Waals surface area contributed by atoms with Crippen molar-refractivity contribution in [2.75, 3.05) is 19.0 Å². The van der Waals surface area contributed by atoms with Gasteiger partial charge in [-0.15, -0.1) is 16.4 Å². The van der Waals surface area contributed by atoms with Gasteiger partial charge in [0.25, 0.3) is 11.8 Å². The average molecular weight is 697 g/mol. The van der Waals surface area contributed by atoms with Crippen LogP contribution in [0.2, 0.25) is 0 Å². The first kappa shape index (κ1) is 30.0. The molecular weight excluding hydrogens is 665 g/mol. The molecule has 1 aliphatic carbocycles. The Morgan fingerprint density at radius 1 is 1.04 bits per heavy atom. The number of carbonyl (C=O) groups excluding carboxylic acids is 1. The van der Waals surface area contributed by atoms with Crippen LogP contribution in [0.5, 0.6) is 5.75 Å². The lowest BCUT2D eigenvalue weighted by Gasteiger charge is -2.16. The van der Waals surface area contributed by atoms with Crippen LogP contribution in [0.3, 0.4) is 0 Å². The fourth-order valence-corrected chi connectivity index (χ4v) is 9.40. The molecule has 0 saturated carbocycles. The van der Waals surface area contributed by atoms with Crippen LogP contribution in [-0.4, -0.2) is 54.0 Å². The number of nitrogens with zero attached hydrogens (tertiary/aromatic N) is 6. The van der Waals surface area contributed by atoms with E-state index in [0.29, 0.717) is 36.1 Å². The Balaban J connectivity index is 1.13. The number of rotatable bonds is 8. The number of carbonyl (C=O) groups is 1. The number of imidazole rings is 1. The van der Waals surface area contributed by atoms with E-state index < -0.39 is 5.76 Å². The highest BCUT2D eigenvalue weighted by Crippen LogP contribution is 2.50. The second kappa shape index (κ2) is 11.6. The molecule has 1 fully saturated rings. The van der Waals surface area contributed by atoms with Crippen LogP contribution < -0.4 is 15.8 Å². The first-order valence-electron chi connectivity index (χ1n) is 17.2. The molecule has 13 heteroatoms. The van der Waals surface area contributed by atoms with Crippen molar-refractivity contribution in [3.8, 4) is 27.6 Å². The van der Waals surface area contributed by atoms with E-state index in [1.807, 2.05) is 46.1 Å². The van der Waals surface area contributed by atoms with Crippen LogP contribution >= 0.6 is 11.3 Å². The van der Waals surface area contributed by atoms with Gasteiger partial charge in [-0.05, 0) is 90.9 Å². The molecule has 0 bridgehead atoms. The summed E-state index contributed by atoms with van der Waals surface area (Å²) in [6, 6.07) is 14.4. The normalized spacial score (nSPS) is 17.7. The molecule has 0 spiro atoms. The lowest BCUT2D eigenvalue weighted by molar-refractivity contribution is 0.0776. The summed E-state index contributed by atoms with van der Waals surface area (Å²) < 4.78 is 14.3. The van der Waals surface area contributed by atoms with Gasteiger partial charge < -0.3 is 23.8 Å². The quantitative estimate of drug-likeness (QED) is 0.181. The number of amides is 1. The Labute approximate surface area is 295 Å². The number of fused-ring (bicyclic) bond motifs is 6. The number of aromatic nitrogens is 6. The van der Waals surface area contributed by atoms with Crippen molar-refractivity contribution in [3.05, 3.63) is 111 Å². The van der Waals surface area contributed by atoms with E-state index >= 15 is 0 Å². The van der Waals surface area contributed by atoms with Gasteiger partial charge in [0.1, 0.15) is 17.2 Å². The van der Waals surface area contributed by atoms with Gasteiger partial charge in [0.15, 0.2) is 0 Å². The first-order valence-corrected chi connectivity index (χ1v) is 18.0. The predicted molar refractivity (Wildman–Crippen MR) is 192 cm³/mol. The summed E-state index contributed by atoms with van der Waals surface area (Å²) in [6.45, 7) is 0.684. The topological polar surface area (TPSA) is 144 Å². The Bertz CT molecular complexity index is 2580. The molecule has 3 aliphatic rings. The fraction of sp³-hybridized carbons (Fsp3) is 0.263. The molecule has 10 rings (SSSR count). The number of anilines is 1. The molecule has 0 radical (unpaired) electrons. The number of aryl methyl sites for hydroxylation is 2. The van der Waals surface area contributed by atoms with Gasteiger partial charge in [0.05, 0.1) is 46.4 Å². The number of benzene rings is 1. The average Bonchev–Trinajstić information content (AvgIpc) is 4.00. The highest BCUT2D eigenvalue weighted by molar-refractivity contribution is 7.23. The minimum Gasteiger partial charge on any atom is -0.496 e. The molecule has 7 aromatic rings. The lowest BCUT2D eigenvalue weighted by atomic mass is 9.93. The summed E-state index contributed by atoms with van der Waals surface area (Å²) in [5.41, 5.74) is 7.76. The predicted octanol–water partition coefficient (Wildman–Crippen LogP) is 6.53. The van der Waals surface area contributed by atoms with Crippen LogP contribution in [-0.2, 0) is 19.3 Å². The molecule has 1 aromatic carbocycles. The van der Waals surface area contributed by atoms with Gasteiger partial charge in [-0.2, -0.15) is 0 Å². The number of nitrogens with one attached hydrogen (secondary N) is 2. The standard InChI is InChI=1S/C38H32N8O4S/c1-49-27-6-2-4-22-23(27)8-10-24(22)42-35-34-21(11-13-40-35)19-28(51-34)31-30(36-43-44-38(48)50-36)25(9-7-20-12-16-45-17-14-39-29(45)18-20)41-33-26-5-3-15-46(26)37(47)32(31)33/h2,4,6,11-14,16-19,24,26H,3,5,7-10,15H2,1H3,(H,40,42)(H,44,48)/t24-,26+/m1/s1. The van der Waals surface area contributed by atoms with E-state index in [1.54, 1.807) is 24.6 Å². The van der Waals surface area contributed by atoms with Crippen molar-refractivity contribution in [1.29, 1.82) is 0 Å². The van der Waals surface area contributed by atoms with Crippen molar-refractivity contribution in [3.63, 3.8) is 0 Å². The molecule has 1 saturated heterocycles. The summed E-state index contributed by atoms with van der Waals surface area (Å²) >= 11 is 1.57. The van der Waals surface area contributed by atoms with Crippen LogP contribution in [0, 0.1) is 0 Å². The second-order valence-corrected chi connectivity index (χ2v) is 14.4. The maximum absolute atomic E-state index is 14.3. The monoisotopic (exact) mass is 696 g/mol. The molecule has 1 amide bonds. The van der Waals surface area contributed by atoms with Crippen molar-refractivity contribution >= 4 is 38.8 Å². The van der Waals surface area contributed by atoms with E-state index in [-0.39, 0.29) is 23.9 Å². The summed E-state index contributed by atoms with van der Waals surface area (Å²) in [6.07, 6.45) is 12.3.